The van der Waals surface area contributed by atoms with Crippen molar-refractivity contribution in [3.8, 4) is 0 Å². The third-order valence-electron chi connectivity index (χ3n) is 18.6. The Labute approximate surface area is 587 Å². The van der Waals surface area contributed by atoms with E-state index in [-0.39, 0.29) is 47.0 Å². The molecule has 0 spiro atoms. The number of nitrogens with two attached hydrogens (primary N) is 4. The van der Waals surface area contributed by atoms with E-state index in [9.17, 15) is 24.9 Å². The normalized spacial score (nSPS) is 24.4. The van der Waals surface area contributed by atoms with Gasteiger partial charge in [0.15, 0.2) is 74.6 Å². The zero-order chi connectivity index (χ0) is 71.8. The van der Waals surface area contributed by atoms with E-state index in [1.807, 2.05) is 150 Å². The Hall–Kier alpha value is -10.3. The van der Waals surface area contributed by atoms with Gasteiger partial charge in [0.1, 0.15) is 23.3 Å². The number of halogens is 1. The first kappa shape index (κ1) is 72.0. The number of imidazole rings is 3. The van der Waals surface area contributed by atoms with Crippen LogP contribution in [-0.4, -0.2) is 134 Å². The van der Waals surface area contributed by atoms with Crippen LogP contribution in [0.2, 0.25) is 5.15 Å². The summed E-state index contributed by atoms with van der Waals surface area (Å²) < 4.78 is 35.6. The molecule has 0 amide bonds. The molecule has 0 bridgehead atoms. The van der Waals surface area contributed by atoms with Crippen LogP contribution in [0, 0.1) is 11.8 Å². The molecule has 0 unspecified atom stereocenters. The number of ether oxygens (including phenoxy) is 5. The third-order valence-corrected chi connectivity index (χ3v) is 18.9. The van der Waals surface area contributed by atoms with Crippen molar-refractivity contribution in [3.63, 3.8) is 0 Å². The van der Waals surface area contributed by atoms with E-state index >= 15 is 0 Å². The molecule has 0 aliphatic carbocycles. The molecule has 0 saturated carbocycles. The number of hydrogen-bond donors (Lipinski definition) is 9. The highest BCUT2D eigenvalue weighted by atomic mass is 35.5. The number of fused-ring (bicyclic) bond motifs is 3. The first-order chi connectivity index (χ1) is 48.6. The summed E-state index contributed by atoms with van der Waals surface area (Å²) in [6, 6.07) is 47.6. The van der Waals surface area contributed by atoms with Gasteiger partial charge in [-0.2, -0.15) is 29.9 Å². The Morgan fingerprint density at radius 2 is 0.871 bits per heavy atom. The Kier molecular flexibility index (Phi) is 22.1. The lowest BCUT2D eigenvalue weighted by Gasteiger charge is -2.34. The van der Waals surface area contributed by atoms with Gasteiger partial charge in [0, 0.05) is 31.5 Å². The zero-order valence-corrected chi connectivity index (χ0v) is 57.6. The number of aliphatic hydroxyl groups excluding tert-OH is 2. The van der Waals surface area contributed by atoms with Crippen molar-refractivity contribution in [2.45, 2.75) is 141 Å². The number of aliphatic hydroxyl groups is 3. The molecule has 528 valence electrons. The fourth-order valence-corrected chi connectivity index (χ4v) is 12.9. The monoisotopic (exact) mass is 1390 g/mol. The Morgan fingerprint density at radius 1 is 0.525 bits per heavy atom. The van der Waals surface area contributed by atoms with E-state index in [4.69, 9.17) is 58.2 Å². The van der Waals surface area contributed by atoms with E-state index in [1.54, 1.807) is 58.2 Å². The largest absolute Gasteiger partial charge is 0.451 e. The number of nitrogens with zero attached hydrogens (tertiary/aromatic N) is 12. The zero-order valence-electron chi connectivity index (χ0n) is 56.9. The maximum atomic E-state index is 13.1. The molecule has 3 aliphatic heterocycles. The van der Waals surface area contributed by atoms with Gasteiger partial charge in [-0.05, 0) is 74.6 Å². The smallest absolute Gasteiger partial charge is 0.338 e. The Morgan fingerprint density at radius 3 is 1.24 bits per heavy atom. The Bertz CT molecular complexity index is 4600. The van der Waals surface area contributed by atoms with E-state index in [2.05, 4.69) is 62.4 Å². The van der Waals surface area contributed by atoms with Crippen molar-refractivity contribution in [3.05, 3.63) is 204 Å². The molecule has 12 atom stereocenters. The molecular weight excluding hydrogens is 1310 g/mol. The van der Waals surface area contributed by atoms with Crippen LogP contribution in [-0.2, 0) is 43.3 Å². The molecule has 29 heteroatoms. The van der Waals surface area contributed by atoms with Crippen molar-refractivity contribution in [2.75, 3.05) is 34.4 Å². The number of carbonyl (C=O) groups is 2. The predicted octanol–water partition coefficient (Wildman–Crippen LogP) is 9.37. The van der Waals surface area contributed by atoms with Crippen LogP contribution >= 0.6 is 11.6 Å². The summed E-state index contributed by atoms with van der Waals surface area (Å²) in [6.07, 6.45) is 1.48. The van der Waals surface area contributed by atoms with Crippen LogP contribution in [0.5, 0.6) is 0 Å². The van der Waals surface area contributed by atoms with E-state index in [0.29, 0.717) is 75.9 Å². The van der Waals surface area contributed by atoms with Crippen molar-refractivity contribution in [2.24, 2.45) is 17.6 Å². The van der Waals surface area contributed by atoms with Crippen LogP contribution in [0.25, 0.3) is 33.5 Å². The minimum Gasteiger partial charge on any atom is -0.451 e. The first-order valence-electron chi connectivity index (χ1n) is 33.1. The van der Waals surface area contributed by atoms with Crippen molar-refractivity contribution < 1.29 is 48.6 Å². The molecule has 14 rings (SSSR count). The maximum absolute atomic E-state index is 13.1. The lowest BCUT2D eigenvalue weighted by Crippen LogP contribution is -2.44. The minimum atomic E-state index is -1.65. The fraction of sp³-hybridized carbons (Fsp3) is 0.347. The van der Waals surface area contributed by atoms with Gasteiger partial charge in [-0.25, -0.2) is 24.5 Å². The minimum absolute atomic E-state index is 0.0294. The van der Waals surface area contributed by atoms with Gasteiger partial charge in [0.2, 0.25) is 17.8 Å². The molecule has 3 aliphatic rings. The topological polar surface area (TPSA) is 400 Å². The van der Waals surface area contributed by atoms with Crippen molar-refractivity contribution in [1.82, 2.24) is 58.6 Å². The molecule has 0 radical (unpaired) electrons. The highest BCUT2D eigenvalue weighted by molar-refractivity contribution is 6.33. The van der Waals surface area contributed by atoms with Crippen LogP contribution in [0.15, 0.2) is 171 Å². The quantitative estimate of drug-likeness (QED) is 0.0302. The van der Waals surface area contributed by atoms with Crippen molar-refractivity contribution in [1.29, 1.82) is 0 Å². The average Bonchev–Trinajstić information content (AvgIpc) is 1.61. The van der Waals surface area contributed by atoms with Gasteiger partial charge in [-0.3, -0.25) is 13.7 Å². The molecule has 11 aromatic rings. The number of rotatable bonds is 17. The number of aromatic nitrogens is 12. The summed E-state index contributed by atoms with van der Waals surface area (Å²) in [4.78, 5) is 64.8. The summed E-state index contributed by atoms with van der Waals surface area (Å²) >= 11 is 6.17. The number of hydrogen-bond acceptors (Lipinski definition) is 25. The highest BCUT2D eigenvalue weighted by Gasteiger charge is 2.57. The molecule has 28 nitrogen and oxygen atoms in total. The second kappa shape index (κ2) is 31.1. The van der Waals surface area contributed by atoms with Gasteiger partial charge in [-0.1, -0.05) is 167 Å². The van der Waals surface area contributed by atoms with Gasteiger partial charge in [-0.15, -0.1) is 0 Å². The summed E-state index contributed by atoms with van der Waals surface area (Å²) in [5, 5.41) is 37.0. The fourth-order valence-electron chi connectivity index (χ4n) is 12.7. The SMILES string of the molecule is CC[C@H]1O[C@@H](n2cnc3c(Cl)nc(N)nc32)[C@](C)(OC(=O)c2ccccc2)[C@@H]1C.CC[C@H]1O[C@@H](n2cnc3c(NCc4ccccc4)nc(N)nc32)[C@](C)(OC(=O)c2ccccc2)[C@@H]1C.C[C@@]1(O)[C@H](O)[C@@H](CO)O[C@H]1n1cnc2c(NCc3ccccc3)nc(N)nc21.NCc1ccccc1. The maximum Gasteiger partial charge on any atom is 0.338 e. The number of benzene rings is 5. The summed E-state index contributed by atoms with van der Waals surface area (Å²) in [5.41, 5.74) is 26.5. The number of nitrogens with one attached hydrogen (secondary N) is 2. The van der Waals surface area contributed by atoms with E-state index in [0.717, 1.165) is 24.0 Å². The van der Waals surface area contributed by atoms with Crippen molar-refractivity contribution >= 4 is 86.5 Å². The summed E-state index contributed by atoms with van der Waals surface area (Å²) in [5.74, 6) is 0.182. The Balaban J connectivity index is 0.000000145. The first-order valence-corrected chi connectivity index (χ1v) is 33.5. The molecule has 9 heterocycles. The number of nitrogen functional groups attached to an aromatic ring is 3. The number of anilines is 5. The summed E-state index contributed by atoms with van der Waals surface area (Å²) in [7, 11) is 0. The van der Waals surface area contributed by atoms with Crippen LogP contribution in [0.4, 0.5) is 29.5 Å². The molecule has 3 saturated heterocycles. The molecule has 5 aromatic carbocycles. The highest BCUT2D eigenvalue weighted by Crippen LogP contribution is 2.49. The van der Waals surface area contributed by atoms with Gasteiger partial charge in [0.25, 0.3) is 0 Å². The van der Waals surface area contributed by atoms with Gasteiger partial charge >= 0.3 is 11.9 Å². The van der Waals surface area contributed by atoms with E-state index < -0.39 is 66.2 Å². The van der Waals surface area contributed by atoms with Gasteiger partial charge in [0.05, 0.1) is 48.9 Å². The summed E-state index contributed by atoms with van der Waals surface area (Å²) in [6.45, 7) is 14.6. The average molecular weight is 1400 g/mol. The molecule has 13 N–H and O–H groups in total. The lowest BCUT2D eigenvalue weighted by atomic mass is 9.86. The standard InChI is InChI=1S/C27H30N6O3.C20H22ClN5O3.C18H22N6O4.C7H9N/c1-4-20-17(2)27(3,36-24(34)19-13-9-6-10-14-19)25(35-20)33-16-30-21-22(31-26(28)32-23(21)33)29-15-18-11-7-5-8-12-18;1-4-13-11(2)20(3,29-17(27)12-8-6-5-7-9-12)18(28-13)26-10-23-14-15(21)24-19(22)25-16(14)26;1-18(27)13(26)11(8-25)28-16(18)24-9-21-12-14(22-17(19)23-15(12)24)20-7-10-5-3-2-4-6-10;8-6-7-4-2-1-3-5-7/h5-14,16-17,20,25H,4,15H2,1-3H3,(H3,28,29,31,32);5-11,13,18H,4H2,1-3H3,(H2,22,24,25);2-6,9,11,13,16,25-27H,7-8H2,1H3,(H3,19,20,22,23);1-5H,6,8H2/t17-,20-,25-,27-;11-,13-,18-,20-;11-,13-,16-,18-;/m111./s1. The second-order valence-corrected chi connectivity index (χ2v) is 25.6. The lowest BCUT2D eigenvalue weighted by molar-refractivity contribution is -0.0950. The third kappa shape index (κ3) is 15.2. The molecule has 101 heavy (non-hydrogen) atoms. The van der Waals surface area contributed by atoms with E-state index in [1.165, 1.54) is 23.4 Å². The second-order valence-electron chi connectivity index (χ2n) is 25.3. The van der Waals surface area contributed by atoms with Crippen LogP contribution < -0.4 is 33.6 Å². The molecule has 3 fully saturated rings. The van der Waals surface area contributed by atoms with Crippen LogP contribution in [0.1, 0.15) is 117 Å². The molecular formula is C72H83ClN18O10. The number of esters is 2. The predicted molar refractivity (Wildman–Crippen MR) is 381 cm³/mol. The molecule has 6 aromatic heterocycles. The van der Waals surface area contributed by atoms with Gasteiger partial charge < -0.3 is 72.6 Å². The number of carbonyl (C=O) groups excluding carboxylic acids is 2. The van der Waals surface area contributed by atoms with Crippen LogP contribution in [0.3, 0.4) is 0 Å².